The fourth-order valence-corrected chi connectivity index (χ4v) is 2.51. The lowest BCUT2D eigenvalue weighted by Gasteiger charge is -1.98. The van der Waals surface area contributed by atoms with Gasteiger partial charge in [-0.05, 0) is 19.1 Å². The maximum Gasteiger partial charge on any atom is 0.277 e. The topological polar surface area (TPSA) is 94.1 Å². The first-order valence-electron chi connectivity index (χ1n) is 6.56. The summed E-state index contributed by atoms with van der Waals surface area (Å²) < 4.78 is 10.4. The quantitative estimate of drug-likeness (QED) is 0.704. The highest BCUT2D eigenvalue weighted by molar-refractivity contribution is 7.99. The molecule has 118 valence electrons. The number of hydrogen-bond donors (Lipinski definition) is 1. The van der Waals surface area contributed by atoms with Crippen molar-refractivity contribution >= 4 is 35.2 Å². The Bertz CT molecular complexity index is 833. The third-order valence-electron chi connectivity index (χ3n) is 2.73. The number of carbonyl (C=O) groups is 1. The van der Waals surface area contributed by atoms with Gasteiger partial charge in [-0.2, -0.15) is 0 Å². The van der Waals surface area contributed by atoms with Crippen LogP contribution in [-0.4, -0.2) is 27.0 Å². The van der Waals surface area contributed by atoms with Crippen molar-refractivity contribution in [3.8, 4) is 11.5 Å². The predicted molar refractivity (Wildman–Crippen MR) is 85.3 cm³/mol. The number of thioether (sulfide) groups is 1. The fraction of sp³-hybridized carbons (Fsp3) is 0.143. The molecule has 0 spiro atoms. The fourth-order valence-electron chi connectivity index (χ4n) is 1.73. The van der Waals surface area contributed by atoms with Crippen LogP contribution in [0.25, 0.3) is 11.5 Å². The maximum atomic E-state index is 11.8. The Morgan fingerprint density at radius 3 is 2.91 bits per heavy atom. The maximum absolute atomic E-state index is 11.8. The highest BCUT2D eigenvalue weighted by Crippen LogP contribution is 2.28. The summed E-state index contributed by atoms with van der Waals surface area (Å²) in [4.78, 5) is 11.8. The van der Waals surface area contributed by atoms with Crippen LogP contribution >= 0.6 is 23.4 Å². The van der Waals surface area contributed by atoms with Crippen LogP contribution in [-0.2, 0) is 4.79 Å². The summed E-state index contributed by atoms with van der Waals surface area (Å²) in [5, 5.41) is 14.9. The summed E-state index contributed by atoms with van der Waals surface area (Å²) in [7, 11) is 0. The molecule has 0 aliphatic heterocycles. The van der Waals surface area contributed by atoms with Crippen molar-refractivity contribution in [1.29, 1.82) is 0 Å². The van der Waals surface area contributed by atoms with Gasteiger partial charge in [0.2, 0.25) is 17.7 Å². The number of halogens is 1. The molecule has 1 amide bonds. The zero-order chi connectivity index (χ0) is 16.2. The molecule has 2 aromatic heterocycles. The molecule has 7 nitrogen and oxygen atoms in total. The van der Waals surface area contributed by atoms with E-state index in [4.69, 9.17) is 20.5 Å². The summed E-state index contributed by atoms with van der Waals surface area (Å²) in [6, 6.07) is 8.78. The highest BCUT2D eigenvalue weighted by atomic mass is 35.5. The van der Waals surface area contributed by atoms with Crippen LogP contribution in [0.2, 0.25) is 5.02 Å². The second-order valence-electron chi connectivity index (χ2n) is 4.52. The Morgan fingerprint density at radius 2 is 2.17 bits per heavy atom. The van der Waals surface area contributed by atoms with Gasteiger partial charge in [0.25, 0.3) is 5.22 Å². The minimum atomic E-state index is -0.261. The first-order chi connectivity index (χ1) is 11.1. The van der Waals surface area contributed by atoms with Crippen molar-refractivity contribution in [1.82, 2.24) is 15.4 Å². The molecule has 0 radical (unpaired) electrons. The molecule has 0 saturated carbocycles. The first kappa shape index (κ1) is 15.6. The van der Waals surface area contributed by atoms with Gasteiger partial charge in [-0.1, -0.05) is 40.7 Å². The van der Waals surface area contributed by atoms with Gasteiger partial charge < -0.3 is 8.94 Å². The standard InChI is InChI=1S/C14H11ClN4O3S/c1-8-6-12(22-19-8)16-11(20)7-23-14-18-17-13(21-14)9-4-2-3-5-10(9)15/h2-6H,7H2,1H3,(H,16,20). The minimum absolute atomic E-state index is 0.101. The average Bonchev–Trinajstić information content (AvgIpc) is 3.15. The lowest BCUT2D eigenvalue weighted by Crippen LogP contribution is -2.13. The molecule has 0 aliphatic rings. The van der Waals surface area contributed by atoms with Crippen LogP contribution in [0.3, 0.4) is 0 Å². The van der Waals surface area contributed by atoms with Crippen molar-refractivity contribution in [3.63, 3.8) is 0 Å². The van der Waals surface area contributed by atoms with Gasteiger partial charge in [0.05, 0.1) is 22.0 Å². The number of benzene rings is 1. The third-order valence-corrected chi connectivity index (χ3v) is 3.88. The first-order valence-corrected chi connectivity index (χ1v) is 7.92. The largest absolute Gasteiger partial charge is 0.411 e. The molecule has 0 aliphatic carbocycles. The molecule has 3 aromatic rings. The SMILES string of the molecule is Cc1cc(NC(=O)CSc2nnc(-c3ccccc3Cl)o2)on1. The number of aryl methyl sites for hydroxylation is 1. The zero-order valence-corrected chi connectivity index (χ0v) is 13.5. The van der Waals surface area contributed by atoms with E-state index in [1.54, 1.807) is 25.1 Å². The molecular weight excluding hydrogens is 340 g/mol. The second-order valence-corrected chi connectivity index (χ2v) is 5.86. The van der Waals surface area contributed by atoms with Crippen molar-refractivity contribution in [2.75, 3.05) is 11.1 Å². The molecule has 23 heavy (non-hydrogen) atoms. The van der Waals surface area contributed by atoms with E-state index in [-0.39, 0.29) is 16.9 Å². The van der Waals surface area contributed by atoms with E-state index in [1.165, 1.54) is 0 Å². The van der Waals surface area contributed by atoms with Gasteiger partial charge in [0, 0.05) is 6.07 Å². The van der Waals surface area contributed by atoms with E-state index in [2.05, 4.69) is 20.7 Å². The van der Waals surface area contributed by atoms with Crippen molar-refractivity contribution < 1.29 is 13.7 Å². The number of hydrogen-bond acceptors (Lipinski definition) is 7. The van der Waals surface area contributed by atoms with E-state index in [9.17, 15) is 4.79 Å². The summed E-state index contributed by atoms with van der Waals surface area (Å²) in [5.41, 5.74) is 1.34. The van der Waals surface area contributed by atoms with Crippen LogP contribution in [0.1, 0.15) is 5.69 Å². The Labute approximate surface area is 140 Å². The summed E-state index contributed by atoms with van der Waals surface area (Å²) in [5.74, 6) is 0.451. The molecule has 0 saturated heterocycles. The second kappa shape index (κ2) is 6.84. The van der Waals surface area contributed by atoms with Crippen LogP contribution in [0.5, 0.6) is 0 Å². The van der Waals surface area contributed by atoms with Crippen LogP contribution in [0.15, 0.2) is 44.5 Å². The number of carbonyl (C=O) groups excluding carboxylic acids is 1. The average molecular weight is 351 g/mol. The van der Waals surface area contributed by atoms with Gasteiger partial charge in [-0.3, -0.25) is 10.1 Å². The van der Waals surface area contributed by atoms with E-state index in [0.717, 1.165) is 11.8 Å². The van der Waals surface area contributed by atoms with Gasteiger partial charge in [0.15, 0.2) is 0 Å². The van der Waals surface area contributed by atoms with Crippen LogP contribution < -0.4 is 5.32 Å². The molecule has 0 atom stereocenters. The summed E-state index contributed by atoms with van der Waals surface area (Å²) >= 11 is 7.19. The minimum Gasteiger partial charge on any atom is -0.411 e. The van der Waals surface area contributed by atoms with Crippen molar-refractivity contribution in [2.24, 2.45) is 0 Å². The molecule has 9 heteroatoms. The smallest absolute Gasteiger partial charge is 0.277 e. The van der Waals surface area contributed by atoms with Gasteiger partial charge in [-0.25, -0.2) is 0 Å². The van der Waals surface area contributed by atoms with Gasteiger partial charge >= 0.3 is 0 Å². The Hall–Kier alpha value is -2.32. The van der Waals surface area contributed by atoms with Crippen LogP contribution in [0, 0.1) is 6.92 Å². The molecule has 0 bridgehead atoms. The number of nitrogens with one attached hydrogen (secondary N) is 1. The van der Waals surface area contributed by atoms with Gasteiger partial charge in [-0.15, -0.1) is 10.2 Å². The molecule has 0 unspecified atom stereocenters. The highest BCUT2D eigenvalue weighted by Gasteiger charge is 2.14. The molecular formula is C14H11ClN4O3S. The molecule has 2 heterocycles. The molecule has 0 fully saturated rings. The van der Waals surface area contributed by atoms with Gasteiger partial charge in [0.1, 0.15) is 0 Å². The molecule has 1 aromatic carbocycles. The number of aromatic nitrogens is 3. The van der Waals surface area contributed by atoms with E-state index in [0.29, 0.717) is 28.1 Å². The van der Waals surface area contributed by atoms with Crippen molar-refractivity contribution in [3.05, 3.63) is 41.0 Å². The normalized spacial score (nSPS) is 10.7. The third kappa shape index (κ3) is 3.91. The zero-order valence-electron chi connectivity index (χ0n) is 11.9. The van der Waals surface area contributed by atoms with E-state index >= 15 is 0 Å². The Morgan fingerprint density at radius 1 is 1.35 bits per heavy atom. The number of nitrogens with zero attached hydrogens (tertiary/aromatic N) is 3. The van der Waals surface area contributed by atoms with E-state index in [1.807, 2.05) is 12.1 Å². The lowest BCUT2D eigenvalue weighted by molar-refractivity contribution is -0.113. The Balaban J connectivity index is 1.59. The predicted octanol–water partition coefficient (Wildman–Crippen LogP) is 3.42. The van der Waals surface area contributed by atoms with E-state index < -0.39 is 0 Å². The Kier molecular flexibility index (Phi) is 4.63. The lowest BCUT2D eigenvalue weighted by atomic mass is 10.2. The number of rotatable bonds is 5. The summed E-state index contributed by atoms with van der Waals surface area (Å²) in [6.45, 7) is 1.77. The van der Waals surface area contributed by atoms with Crippen molar-refractivity contribution in [2.45, 2.75) is 12.1 Å². The number of anilines is 1. The number of amides is 1. The van der Waals surface area contributed by atoms with Crippen LogP contribution in [0.4, 0.5) is 5.88 Å². The monoisotopic (exact) mass is 350 g/mol. The molecule has 3 rings (SSSR count). The summed E-state index contributed by atoms with van der Waals surface area (Å²) in [6.07, 6.45) is 0. The molecule has 1 N–H and O–H groups in total.